The first-order chi connectivity index (χ1) is 10.2. The fourth-order valence-electron chi connectivity index (χ4n) is 2.79. The SMILES string of the molecule is CCCCCC(CCCC)c1ccc2nc(N)nnc2c1. The van der Waals surface area contributed by atoms with Crippen LogP contribution in [0.15, 0.2) is 18.2 Å². The molecule has 0 saturated carbocycles. The van der Waals surface area contributed by atoms with Gasteiger partial charge in [-0.15, -0.1) is 10.2 Å². The zero-order valence-electron chi connectivity index (χ0n) is 13.2. The van der Waals surface area contributed by atoms with Gasteiger partial charge in [0.2, 0.25) is 5.95 Å². The van der Waals surface area contributed by atoms with E-state index in [9.17, 15) is 0 Å². The maximum Gasteiger partial charge on any atom is 0.240 e. The van der Waals surface area contributed by atoms with Crippen LogP contribution < -0.4 is 5.73 Å². The Hall–Kier alpha value is -1.71. The van der Waals surface area contributed by atoms with E-state index in [1.54, 1.807) is 0 Å². The number of rotatable bonds is 8. The molecule has 1 heterocycles. The van der Waals surface area contributed by atoms with Crippen molar-refractivity contribution in [1.29, 1.82) is 0 Å². The third kappa shape index (κ3) is 4.38. The number of aromatic nitrogens is 3. The fourth-order valence-corrected chi connectivity index (χ4v) is 2.79. The zero-order valence-corrected chi connectivity index (χ0v) is 13.2. The molecule has 1 atom stereocenters. The van der Waals surface area contributed by atoms with Crippen LogP contribution in [-0.2, 0) is 0 Å². The Bertz CT molecular complexity index is 568. The molecule has 1 aromatic carbocycles. The van der Waals surface area contributed by atoms with Gasteiger partial charge in [-0.25, -0.2) is 4.98 Å². The predicted octanol–water partition coefficient (Wildman–Crippen LogP) is 4.46. The van der Waals surface area contributed by atoms with Gasteiger partial charge in [-0.3, -0.25) is 0 Å². The van der Waals surface area contributed by atoms with Crippen LogP contribution in [-0.4, -0.2) is 15.2 Å². The second-order valence-electron chi connectivity index (χ2n) is 5.75. The van der Waals surface area contributed by atoms with E-state index in [-0.39, 0.29) is 5.95 Å². The smallest absolute Gasteiger partial charge is 0.240 e. The monoisotopic (exact) mass is 286 g/mol. The number of unbranched alkanes of at least 4 members (excludes halogenated alkanes) is 3. The Kier molecular flexibility index (Phi) is 5.90. The minimum atomic E-state index is 0.237. The van der Waals surface area contributed by atoms with Gasteiger partial charge in [0.25, 0.3) is 0 Å². The Balaban J connectivity index is 2.19. The third-order valence-corrected chi connectivity index (χ3v) is 4.03. The molecule has 0 radical (unpaired) electrons. The molecule has 0 aliphatic heterocycles. The van der Waals surface area contributed by atoms with Crippen molar-refractivity contribution in [2.75, 3.05) is 5.73 Å². The highest BCUT2D eigenvalue weighted by molar-refractivity contribution is 5.75. The Labute approximate surface area is 127 Å². The molecular weight excluding hydrogens is 260 g/mol. The normalized spacial score (nSPS) is 12.7. The summed E-state index contributed by atoms with van der Waals surface area (Å²) in [7, 11) is 0. The number of nitrogens with zero attached hydrogens (tertiary/aromatic N) is 3. The van der Waals surface area contributed by atoms with Crippen molar-refractivity contribution in [3.8, 4) is 0 Å². The molecule has 4 heteroatoms. The molecule has 0 amide bonds. The Morgan fingerprint density at radius 2 is 1.71 bits per heavy atom. The molecular formula is C17H26N4. The molecule has 4 nitrogen and oxygen atoms in total. The van der Waals surface area contributed by atoms with Crippen molar-refractivity contribution in [3.05, 3.63) is 23.8 Å². The summed E-state index contributed by atoms with van der Waals surface area (Å²) in [5.41, 5.74) is 8.63. The lowest BCUT2D eigenvalue weighted by Gasteiger charge is -2.17. The number of nitrogens with two attached hydrogens (primary N) is 1. The van der Waals surface area contributed by atoms with Crippen molar-refractivity contribution in [2.45, 2.75) is 64.7 Å². The van der Waals surface area contributed by atoms with Crippen LogP contribution >= 0.6 is 0 Å². The summed E-state index contributed by atoms with van der Waals surface area (Å²) < 4.78 is 0. The summed E-state index contributed by atoms with van der Waals surface area (Å²) in [6.07, 6.45) is 8.92. The largest absolute Gasteiger partial charge is 0.366 e. The number of hydrogen-bond donors (Lipinski definition) is 1. The first-order valence-electron chi connectivity index (χ1n) is 8.14. The average molecular weight is 286 g/mol. The molecule has 2 N–H and O–H groups in total. The van der Waals surface area contributed by atoms with Crippen molar-refractivity contribution in [2.24, 2.45) is 0 Å². The van der Waals surface area contributed by atoms with Crippen LogP contribution in [0.5, 0.6) is 0 Å². The highest BCUT2D eigenvalue weighted by Gasteiger charge is 2.12. The van der Waals surface area contributed by atoms with Gasteiger partial charge in [0, 0.05) is 0 Å². The van der Waals surface area contributed by atoms with Crippen LogP contribution in [0, 0.1) is 0 Å². The average Bonchev–Trinajstić information content (AvgIpc) is 2.50. The van der Waals surface area contributed by atoms with E-state index in [1.807, 2.05) is 6.07 Å². The van der Waals surface area contributed by atoms with Gasteiger partial charge < -0.3 is 5.73 Å². The quantitative estimate of drug-likeness (QED) is 0.727. The molecule has 0 bridgehead atoms. The number of nitrogen functional groups attached to an aromatic ring is 1. The molecule has 0 fully saturated rings. The second-order valence-corrected chi connectivity index (χ2v) is 5.75. The van der Waals surface area contributed by atoms with Crippen molar-refractivity contribution < 1.29 is 0 Å². The standard InChI is InChI=1S/C17H26N4/c1-3-5-7-9-13(8-6-4-2)14-10-11-15-16(12-14)20-21-17(18)19-15/h10-13H,3-9H2,1-2H3,(H2,18,19,21). The second kappa shape index (κ2) is 7.91. The van der Waals surface area contributed by atoms with Crippen molar-refractivity contribution in [3.63, 3.8) is 0 Å². The summed E-state index contributed by atoms with van der Waals surface area (Å²) in [5, 5.41) is 8.03. The lowest BCUT2D eigenvalue weighted by Crippen LogP contribution is -2.02. The Morgan fingerprint density at radius 1 is 0.952 bits per heavy atom. The molecule has 0 aliphatic carbocycles. The topological polar surface area (TPSA) is 64.7 Å². The van der Waals surface area contributed by atoms with E-state index in [0.717, 1.165) is 11.0 Å². The van der Waals surface area contributed by atoms with E-state index in [1.165, 1.54) is 50.5 Å². The van der Waals surface area contributed by atoms with Crippen LogP contribution in [0.25, 0.3) is 11.0 Å². The summed E-state index contributed by atoms with van der Waals surface area (Å²) >= 11 is 0. The van der Waals surface area contributed by atoms with E-state index in [2.05, 4.69) is 41.2 Å². The molecule has 1 aromatic heterocycles. The maximum atomic E-state index is 5.58. The minimum absolute atomic E-state index is 0.237. The zero-order chi connectivity index (χ0) is 15.1. The number of anilines is 1. The molecule has 0 aliphatic rings. The lowest BCUT2D eigenvalue weighted by atomic mass is 9.88. The molecule has 0 spiro atoms. The predicted molar refractivity (Wildman–Crippen MR) is 88.2 cm³/mol. The van der Waals surface area contributed by atoms with E-state index >= 15 is 0 Å². The molecule has 0 saturated heterocycles. The van der Waals surface area contributed by atoms with Gasteiger partial charge in [-0.1, -0.05) is 52.0 Å². The van der Waals surface area contributed by atoms with Gasteiger partial charge in [0.1, 0.15) is 5.52 Å². The number of fused-ring (bicyclic) bond motifs is 1. The molecule has 1 unspecified atom stereocenters. The minimum Gasteiger partial charge on any atom is -0.366 e. The first-order valence-corrected chi connectivity index (χ1v) is 8.14. The summed E-state index contributed by atoms with van der Waals surface area (Å²) in [6.45, 7) is 4.50. The Morgan fingerprint density at radius 3 is 2.48 bits per heavy atom. The molecule has 21 heavy (non-hydrogen) atoms. The van der Waals surface area contributed by atoms with Gasteiger partial charge in [0.05, 0.1) is 5.52 Å². The van der Waals surface area contributed by atoms with E-state index < -0.39 is 0 Å². The van der Waals surface area contributed by atoms with E-state index in [0.29, 0.717) is 5.92 Å². The van der Waals surface area contributed by atoms with Crippen molar-refractivity contribution >= 4 is 17.0 Å². The van der Waals surface area contributed by atoms with Crippen LogP contribution in [0.2, 0.25) is 0 Å². The third-order valence-electron chi connectivity index (χ3n) is 4.03. The van der Waals surface area contributed by atoms with Crippen LogP contribution in [0.4, 0.5) is 5.95 Å². The summed E-state index contributed by atoms with van der Waals surface area (Å²) in [6, 6.07) is 6.35. The van der Waals surface area contributed by atoms with Crippen LogP contribution in [0.1, 0.15) is 70.3 Å². The van der Waals surface area contributed by atoms with Crippen molar-refractivity contribution in [1.82, 2.24) is 15.2 Å². The summed E-state index contributed by atoms with van der Waals surface area (Å²) in [5.74, 6) is 0.862. The lowest BCUT2D eigenvalue weighted by molar-refractivity contribution is 0.515. The number of hydrogen-bond acceptors (Lipinski definition) is 4. The molecule has 2 rings (SSSR count). The van der Waals surface area contributed by atoms with Gasteiger partial charge >= 0.3 is 0 Å². The number of benzene rings is 1. The van der Waals surface area contributed by atoms with Gasteiger partial charge in [-0.05, 0) is 36.5 Å². The van der Waals surface area contributed by atoms with Gasteiger partial charge in [0.15, 0.2) is 0 Å². The molecule has 2 aromatic rings. The maximum absolute atomic E-state index is 5.58. The summed E-state index contributed by atoms with van der Waals surface area (Å²) in [4.78, 5) is 4.22. The molecule has 114 valence electrons. The fraction of sp³-hybridized carbons (Fsp3) is 0.588. The highest BCUT2D eigenvalue weighted by atomic mass is 15.2. The highest BCUT2D eigenvalue weighted by Crippen LogP contribution is 2.29. The van der Waals surface area contributed by atoms with E-state index in [4.69, 9.17) is 5.73 Å². The van der Waals surface area contributed by atoms with Crippen LogP contribution in [0.3, 0.4) is 0 Å². The first kappa shape index (κ1) is 15.7. The van der Waals surface area contributed by atoms with Gasteiger partial charge in [-0.2, -0.15) is 0 Å².